The molecule has 0 fully saturated rings. The molecule has 0 spiro atoms. The minimum Gasteiger partial charge on any atom is -0.463 e. The molecule has 0 rings (SSSR count). The van der Waals surface area contributed by atoms with Crippen LogP contribution in [0.4, 0.5) is 65.9 Å². The van der Waals surface area contributed by atoms with Gasteiger partial charge in [-0.15, -0.1) is 52.6 Å². The molecule has 0 atom stereocenters. The Morgan fingerprint density at radius 1 is 0.452 bits per heavy atom. The average molecular weight is 1240 g/mol. The van der Waals surface area contributed by atoms with E-state index in [9.17, 15) is 80.2 Å². The Morgan fingerprint density at radius 2 is 0.774 bits per heavy atom. The monoisotopic (exact) mass is 1240 g/mol. The van der Waals surface area contributed by atoms with Crippen LogP contribution in [-0.4, -0.2) is 127 Å². The number of nitrogens with one attached hydrogen (secondary N) is 1. The second kappa shape index (κ2) is 39.1. The van der Waals surface area contributed by atoms with Gasteiger partial charge in [-0.1, -0.05) is 48.6 Å². The summed E-state index contributed by atoms with van der Waals surface area (Å²) in [7, 11) is 0.625. The molecule has 0 saturated carbocycles. The first kappa shape index (κ1) is 83.4. The van der Waals surface area contributed by atoms with E-state index in [1.165, 1.54) is 38.2 Å². The van der Waals surface area contributed by atoms with Gasteiger partial charge in [-0.25, -0.2) is 19.0 Å². The summed E-state index contributed by atoms with van der Waals surface area (Å²) < 4.78 is 221. The number of ketones is 1. The molecule has 0 unspecified atom stereocenters. The maximum Gasteiger partial charge on any atom is 0.483 e. The number of esters is 1. The van der Waals surface area contributed by atoms with Crippen LogP contribution in [0.2, 0.25) is 0 Å². The van der Waals surface area contributed by atoms with Gasteiger partial charge in [0.25, 0.3) is 0 Å². The van der Waals surface area contributed by atoms with Gasteiger partial charge < -0.3 is 35.7 Å². The van der Waals surface area contributed by atoms with Crippen LogP contribution in [0.5, 0.6) is 0 Å². The molecule has 0 saturated heterocycles. The molecule has 0 aliphatic rings. The zero-order valence-electron chi connectivity index (χ0n) is 47.9. The third-order valence-electron chi connectivity index (χ3n) is 12.7. The van der Waals surface area contributed by atoms with Crippen molar-refractivity contribution in [2.45, 2.75) is 147 Å². The minimum atomic E-state index is -6.42. The number of ether oxygens (including phenoxy) is 7. The van der Waals surface area contributed by atoms with Gasteiger partial charge >= 0.3 is 54.7 Å². The van der Waals surface area contributed by atoms with Crippen LogP contribution in [0, 0.1) is 21.7 Å². The number of nitrogens with two attached hydrogens (primary N) is 2. The summed E-state index contributed by atoms with van der Waals surface area (Å²) in [6, 6.07) is 0. The van der Waals surface area contributed by atoms with Gasteiger partial charge in [0.05, 0.1) is 7.11 Å². The molecule has 0 aromatic carbocycles. The third kappa shape index (κ3) is 32.6. The lowest BCUT2D eigenvalue weighted by Crippen LogP contribution is -2.50. The molecule has 28 heteroatoms. The van der Waals surface area contributed by atoms with E-state index < -0.39 is 104 Å². The maximum absolute atomic E-state index is 14.3. The SMILES string of the molecule is C=CCC(CC=C)(CCC(=O)COCC(F)(F)OC(F)(F)C(F)(F)F)CCC(CC=C)(CC=C)CNC(=O)C(F)(F)OC(F)(F)COCC.C=CCC(CN)(CC=C)CCC(CN)(CC=C)CC=C.CCOCC(F)(F)OC(F)(F)C(=O)OC. The van der Waals surface area contributed by atoms with E-state index >= 15 is 0 Å². The van der Waals surface area contributed by atoms with Gasteiger partial charge in [0.1, 0.15) is 26.4 Å². The van der Waals surface area contributed by atoms with E-state index in [1.807, 2.05) is 29.6 Å². The first-order valence-electron chi connectivity index (χ1n) is 26.1. The third-order valence-corrected chi connectivity index (χ3v) is 12.7. The molecule has 0 aliphatic heterocycles. The first-order valence-corrected chi connectivity index (χ1v) is 26.1. The molecular formula is C56H84F15N3O10. The second-order valence-corrected chi connectivity index (χ2v) is 19.6. The Morgan fingerprint density at radius 3 is 1.12 bits per heavy atom. The summed E-state index contributed by atoms with van der Waals surface area (Å²) in [6.07, 6.45) is -15.9. The standard InChI is InChI=1S/C31H42F11NO6.C18H32N2.C7H10F4O4/c1-6-12-25(13-7-2,16-11-23(44)19-47-22-28(34,35)49-31(41,42)30(38,39)40)17-18-26(14-8-3,15-9-4)20-43-24(45)29(36,37)48-27(32,33)21-46-10-5;1-5-9-17(15-19,10-6-2)13-14-18(16-20,11-7-3)12-8-4;1-3-14-4-6(8,9)15-7(10,11)5(12)13-2/h6-9H,1-4,10-22H2,5H3,(H,43,45);5-8H,1-4,9-16,19-20H2;3-4H2,1-2H3. The Bertz CT molecular complexity index is 1950. The van der Waals surface area contributed by atoms with Crippen molar-refractivity contribution < 1.29 is 113 Å². The van der Waals surface area contributed by atoms with Crippen LogP contribution in [0.1, 0.15) is 104 Å². The highest BCUT2D eigenvalue weighted by atomic mass is 19.4. The Hall–Kier alpha value is -4.84. The number of methoxy groups -OCH3 is 1. The summed E-state index contributed by atoms with van der Waals surface area (Å²) >= 11 is 0. The van der Waals surface area contributed by atoms with Crippen LogP contribution in [0.25, 0.3) is 0 Å². The highest BCUT2D eigenvalue weighted by molar-refractivity contribution is 5.82. The normalized spacial score (nSPS) is 13.0. The van der Waals surface area contributed by atoms with E-state index in [1.54, 1.807) is 0 Å². The molecule has 0 radical (unpaired) electrons. The van der Waals surface area contributed by atoms with Gasteiger partial charge in [-0.2, -0.15) is 65.9 Å². The van der Waals surface area contributed by atoms with Crippen LogP contribution in [-0.2, 0) is 47.5 Å². The number of halogens is 15. The number of hydrogen-bond acceptors (Lipinski definition) is 12. The summed E-state index contributed by atoms with van der Waals surface area (Å²) in [6.45, 7) is 27.3. The number of carbonyl (C=O) groups is 3. The lowest BCUT2D eigenvalue weighted by molar-refractivity contribution is -0.460. The average Bonchev–Trinajstić information content (AvgIpc) is 3.57. The Labute approximate surface area is 482 Å². The fraction of sp³-hybridized carbons (Fsp3) is 0.661. The molecule has 5 N–H and O–H groups in total. The summed E-state index contributed by atoms with van der Waals surface area (Å²) in [4.78, 5) is 35.1. The number of allylic oxidation sites excluding steroid dienone is 8. The van der Waals surface area contributed by atoms with E-state index in [0.717, 1.165) is 38.5 Å². The van der Waals surface area contributed by atoms with Gasteiger partial charge in [0.2, 0.25) is 0 Å². The minimum absolute atomic E-state index is 0.0255. The van der Waals surface area contributed by atoms with Gasteiger partial charge in [0, 0.05) is 26.2 Å². The predicted octanol–water partition coefficient (Wildman–Crippen LogP) is 13.9. The molecule has 1 amide bonds. The number of amides is 1. The fourth-order valence-corrected chi connectivity index (χ4v) is 8.25. The van der Waals surface area contributed by atoms with Crippen LogP contribution in [0.15, 0.2) is 101 Å². The van der Waals surface area contributed by atoms with Crippen molar-refractivity contribution in [3.05, 3.63) is 101 Å². The van der Waals surface area contributed by atoms with E-state index in [4.69, 9.17) is 11.5 Å². The lowest BCUT2D eigenvalue weighted by atomic mass is 9.67. The first-order chi connectivity index (χ1) is 38.7. The van der Waals surface area contributed by atoms with Crippen molar-refractivity contribution in [2.24, 2.45) is 33.1 Å². The van der Waals surface area contributed by atoms with Crippen molar-refractivity contribution in [3.63, 3.8) is 0 Å². The van der Waals surface area contributed by atoms with Crippen LogP contribution >= 0.6 is 0 Å². The predicted molar refractivity (Wildman–Crippen MR) is 287 cm³/mol. The zero-order valence-corrected chi connectivity index (χ0v) is 47.9. The van der Waals surface area contributed by atoms with Gasteiger partial charge in [-0.3, -0.25) is 9.59 Å². The van der Waals surface area contributed by atoms with E-state index in [2.05, 4.69) is 85.8 Å². The largest absolute Gasteiger partial charge is 0.483 e. The second-order valence-electron chi connectivity index (χ2n) is 19.6. The zero-order chi connectivity index (χ0) is 65.8. The molecule has 0 bridgehead atoms. The highest BCUT2D eigenvalue weighted by Gasteiger charge is 2.64. The molecule has 0 aliphatic carbocycles. The summed E-state index contributed by atoms with van der Waals surface area (Å²) in [5, 5.41) is 1.94. The smallest absolute Gasteiger partial charge is 0.463 e. The van der Waals surface area contributed by atoms with Crippen molar-refractivity contribution in [1.82, 2.24) is 5.32 Å². The number of Topliss-reactive ketones (excluding diaryl/α,β-unsaturated/α-hetero) is 1. The van der Waals surface area contributed by atoms with Gasteiger partial charge in [0.15, 0.2) is 5.78 Å². The van der Waals surface area contributed by atoms with Crippen molar-refractivity contribution in [1.29, 1.82) is 0 Å². The molecule has 488 valence electrons. The maximum atomic E-state index is 14.3. The van der Waals surface area contributed by atoms with Crippen molar-refractivity contribution in [3.8, 4) is 0 Å². The molecule has 84 heavy (non-hydrogen) atoms. The van der Waals surface area contributed by atoms with E-state index in [0.29, 0.717) is 20.2 Å². The number of alkyl halides is 15. The number of hydrogen-bond donors (Lipinski definition) is 3. The van der Waals surface area contributed by atoms with Crippen LogP contribution in [0.3, 0.4) is 0 Å². The van der Waals surface area contributed by atoms with Crippen molar-refractivity contribution in [2.75, 3.05) is 66.4 Å². The topological polar surface area (TPSA) is 180 Å². The fourth-order valence-electron chi connectivity index (χ4n) is 8.25. The number of carbonyl (C=O) groups excluding carboxylic acids is 3. The Kier molecular flexibility index (Phi) is 38.8. The molecule has 0 aromatic heterocycles. The Balaban J connectivity index is -0.00000152. The van der Waals surface area contributed by atoms with E-state index in [-0.39, 0.29) is 75.4 Å². The lowest BCUT2D eigenvalue weighted by Gasteiger charge is -2.39. The molecular weight excluding hydrogens is 1160 g/mol. The highest BCUT2D eigenvalue weighted by Crippen LogP contribution is 2.45. The molecule has 13 nitrogen and oxygen atoms in total. The van der Waals surface area contributed by atoms with Crippen LogP contribution < -0.4 is 16.8 Å². The molecule has 0 heterocycles. The number of rotatable bonds is 47. The molecule has 0 aromatic rings. The summed E-state index contributed by atoms with van der Waals surface area (Å²) in [5.41, 5.74) is 10.3. The summed E-state index contributed by atoms with van der Waals surface area (Å²) in [5.74, 6) is -5.16. The van der Waals surface area contributed by atoms with Crippen molar-refractivity contribution >= 4 is 17.7 Å². The van der Waals surface area contributed by atoms with Gasteiger partial charge in [-0.05, 0) is 132 Å². The quantitative estimate of drug-likeness (QED) is 0.0299.